The number of furan rings is 1. The number of thiophene rings is 1. The predicted molar refractivity (Wildman–Crippen MR) is 134 cm³/mol. The number of aliphatic hydroxyl groups is 1. The lowest BCUT2D eigenvalue weighted by Crippen LogP contribution is -2.34. The average Bonchev–Trinajstić information content (AvgIpc) is 3.66. The number of rotatable bonds is 9. The van der Waals surface area contributed by atoms with Gasteiger partial charge in [-0.15, -0.1) is 11.3 Å². The molecule has 0 saturated carbocycles. The molecule has 6 nitrogen and oxygen atoms in total. The number of nitrogens with zero attached hydrogens (tertiary/aromatic N) is 1. The molecule has 5 rings (SSSR count). The normalized spacial score (nSPS) is 26.6. The van der Waals surface area contributed by atoms with Gasteiger partial charge in [0.25, 0.3) is 0 Å². The first-order valence-electron chi connectivity index (χ1n) is 12.6. The zero-order chi connectivity index (χ0) is 24.5. The topological polar surface area (TPSA) is 80.0 Å². The van der Waals surface area contributed by atoms with E-state index in [1.54, 1.807) is 17.4 Å². The number of aliphatic hydroxyl groups excluding tert-OH is 1. The van der Waals surface area contributed by atoms with Gasteiger partial charge in [0.1, 0.15) is 18.1 Å². The number of imide groups is 1. The molecule has 2 aromatic heterocycles. The van der Waals surface area contributed by atoms with Crippen molar-refractivity contribution in [1.82, 2.24) is 4.90 Å². The molecule has 1 aliphatic carbocycles. The van der Waals surface area contributed by atoms with E-state index in [4.69, 9.17) is 9.15 Å². The molecule has 2 amide bonds. The van der Waals surface area contributed by atoms with E-state index in [1.165, 1.54) is 21.6 Å². The fraction of sp³-hybridized carbons (Fsp3) is 0.500. The third-order valence-electron chi connectivity index (χ3n) is 7.79. The zero-order valence-electron chi connectivity index (χ0n) is 20.4. The van der Waals surface area contributed by atoms with Crippen molar-refractivity contribution in [2.24, 2.45) is 17.8 Å². The first-order valence-corrected chi connectivity index (χ1v) is 13.5. The predicted octanol–water partition coefficient (Wildman–Crippen LogP) is 5.33. The largest absolute Gasteiger partial charge is 0.459 e. The van der Waals surface area contributed by atoms with Crippen LogP contribution in [-0.2, 0) is 27.5 Å². The van der Waals surface area contributed by atoms with Crippen molar-refractivity contribution >= 4 is 29.2 Å². The fourth-order valence-electron chi connectivity index (χ4n) is 6.02. The summed E-state index contributed by atoms with van der Waals surface area (Å²) in [4.78, 5) is 29.3. The molecule has 0 radical (unpaired) electrons. The summed E-state index contributed by atoms with van der Waals surface area (Å²) in [6, 6.07) is 7.61. The Morgan fingerprint density at radius 2 is 2.06 bits per heavy atom. The zero-order valence-corrected chi connectivity index (χ0v) is 21.2. The molecular formula is C28H33NO5S. The van der Waals surface area contributed by atoms with Crippen LogP contribution in [0, 0.1) is 17.8 Å². The molecule has 4 heterocycles. The molecule has 2 fully saturated rings. The Kier molecular flexibility index (Phi) is 7.09. The Bertz CT molecular complexity index is 1140. The van der Waals surface area contributed by atoms with Crippen LogP contribution >= 0.6 is 11.3 Å². The van der Waals surface area contributed by atoms with E-state index >= 15 is 0 Å². The molecule has 2 aliphatic heterocycles. The molecular weight excluding hydrogens is 462 g/mol. The van der Waals surface area contributed by atoms with Crippen LogP contribution in [0.25, 0.3) is 6.08 Å². The van der Waals surface area contributed by atoms with E-state index in [0.717, 1.165) is 36.3 Å². The summed E-state index contributed by atoms with van der Waals surface area (Å²) < 4.78 is 11.9. The van der Waals surface area contributed by atoms with Crippen molar-refractivity contribution in [3.8, 4) is 0 Å². The Morgan fingerprint density at radius 3 is 2.74 bits per heavy atom. The third kappa shape index (κ3) is 4.57. The Labute approximate surface area is 210 Å². The van der Waals surface area contributed by atoms with Gasteiger partial charge in [-0.25, -0.2) is 0 Å². The molecule has 186 valence electrons. The fourth-order valence-corrected chi connectivity index (χ4v) is 6.71. The quantitative estimate of drug-likeness (QED) is 0.376. The minimum absolute atomic E-state index is 0.00438. The molecule has 35 heavy (non-hydrogen) atoms. The van der Waals surface area contributed by atoms with Gasteiger partial charge in [-0.1, -0.05) is 31.1 Å². The summed E-state index contributed by atoms with van der Waals surface area (Å²) in [7, 11) is 0. The van der Waals surface area contributed by atoms with Gasteiger partial charge in [0.05, 0.1) is 31.1 Å². The number of likely N-dealkylation sites (tertiary alicyclic amines) is 1. The average molecular weight is 496 g/mol. The van der Waals surface area contributed by atoms with Gasteiger partial charge in [0, 0.05) is 10.8 Å². The summed E-state index contributed by atoms with van der Waals surface area (Å²) in [5.41, 5.74) is 3.85. The number of fused-ring (bicyclic) bond motifs is 3. The van der Waals surface area contributed by atoms with Gasteiger partial charge in [0.2, 0.25) is 11.8 Å². The van der Waals surface area contributed by atoms with Gasteiger partial charge in [-0.3, -0.25) is 14.5 Å². The highest BCUT2D eigenvalue weighted by Gasteiger charge is 2.56. The van der Waals surface area contributed by atoms with Gasteiger partial charge in [0.15, 0.2) is 0 Å². The SMILES string of the molecule is CCC1=C2[C@@H](CC/C(=C/c3ccc(CO)o3)CC)OC[C@@H]2[C@@H]2C(=O)N(Cc3cccs3)C(=O)[C@@H]2C1. The summed E-state index contributed by atoms with van der Waals surface area (Å²) >= 11 is 1.58. The molecule has 3 aliphatic rings. The van der Waals surface area contributed by atoms with Crippen molar-refractivity contribution in [1.29, 1.82) is 0 Å². The summed E-state index contributed by atoms with van der Waals surface area (Å²) in [5, 5.41) is 11.2. The van der Waals surface area contributed by atoms with Crippen molar-refractivity contribution < 1.29 is 23.8 Å². The van der Waals surface area contributed by atoms with Gasteiger partial charge in [-0.05, 0) is 67.3 Å². The van der Waals surface area contributed by atoms with Crippen LogP contribution in [0.2, 0.25) is 0 Å². The Hall–Kier alpha value is -2.48. The van der Waals surface area contributed by atoms with E-state index in [1.807, 2.05) is 23.6 Å². The number of carbonyl (C=O) groups is 2. The highest BCUT2D eigenvalue weighted by Crippen LogP contribution is 2.50. The molecule has 7 heteroatoms. The van der Waals surface area contributed by atoms with Crippen molar-refractivity contribution in [3.63, 3.8) is 0 Å². The first-order chi connectivity index (χ1) is 17.0. The van der Waals surface area contributed by atoms with Crippen LogP contribution in [0.15, 0.2) is 50.8 Å². The second-order valence-electron chi connectivity index (χ2n) is 9.68. The minimum Gasteiger partial charge on any atom is -0.459 e. The molecule has 2 saturated heterocycles. The van der Waals surface area contributed by atoms with Crippen LogP contribution < -0.4 is 0 Å². The molecule has 1 N–H and O–H groups in total. The number of amides is 2. The number of hydrogen-bond acceptors (Lipinski definition) is 6. The second kappa shape index (κ2) is 10.2. The molecule has 0 spiro atoms. The minimum atomic E-state index is -0.293. The summed E-state index contributed by atoms with van der Waals surface area (Å²) in [6.45, 7) is 5.07. The van der Waals surface area contributed by atoms with Crippen LogP contribution in [0.3, 0.4) is 0 Å². The van der Waals surface area contributed by atoms with E-state index in [0.29, 0.717) is 25.3 Å². The number of ether oxygens (including phenoxy) is 1. The smallest absolute Gasteiger partial charge is 0.234 e. The van der Waals surface area contributed by atoms with Crippen LogP contribution in [0.5, 0.6) is 0 Å². The van der Waals surface area contributed by atoms with E-state index in [9.17, 15) is 14.7 Å². The first kappa shape index (κ1) is 24.2. The van der Waals surface area contributed by atoms with E-state index < -0.39 is 0 Å². The van der Waals surface area contributed by atoms with Crippen LogP contribution in [0.1, 0.15) is 62.3 Å². The molecule has 4 atom stereocenters. The molecule has 0 unspecified atom stereocenters. The standard InChI is InChI=1S/C28H33NO5S/c1-3-17(12-19-8-9-20(15-30)34-19)7-10-24-25-18(4-2)13-22-26(23(25)16-33-24)28(32)29(27(22)31)14-21-6-5-11-35-21/h5-6,8-9,11-12,22-24,26,30H,3-4,7,10,13-16H2,1-2H3/b17-12+/t22-,23+,24-,26-/m1/s1. The highest BCUT2D eigenvalue weighted by molar-refractivity contribution is 7.09. The Morgan fingerprint density at radius 1 is 1.20 bits per heavy atom. The second-order valence-corrected chi connectivity index (χ2v) is 10.7. The molecule has 0 bridgehead atoms. The highest BCUT2D eigenvalue weighted by atomic mass is 32.1. The van der Waals surface area contributed by atoms with E-state index in [2.05, 4.69) is 19.9 Å². The van der Waals surface area contributed by atoms with Gasteiger partial charge in [-0.2, -0.15) is 0 Å². The van der Waals surface area contributed by atoms with Crippen LogP contribution in [0.4, 0.5) is 0 Å². The van der Waals surface area contributed by atoms with Gasteiger partial charge < -0.3 is 14.3 Å². The molecule has 0 aromatic carbocycles. The van der Waals surface area contributed by atoms with Crippen molar-refractivity contribution in [3.05, 3.63) is 62.8 Å². The van der Waals surface area contributed by atoms with E-state index in [-0.39, 0.29) is 42.3 Å². The monoisotopic (exact) mass is 495 g/mol. The summed E-state index contributed by atoms with van der Waals surface area (Å²) in [6.07, 6.45) is 6.22. The third-order valence-corrected chi connectivity index (χ3v) is 8.65. The number of hydrogen-bond donors (Lipinski definition) is 1. The number of allylic oxidation sites excluding steroid dienone is 2. The van der Waals surface area contributed by atoms with Gasteiger partial charge >= 0.3 is 0 Å². The Balaban J connectivity index is 1.32. The lowest BCUT2D eigenvalue weighted by Gasteiger charge is -2.31. The maximum absolute atomic E-state index is 13.5. The lowest BCUT2D eigenvalue weighted by atomic mass is 9.69. The maximum atomic E-state index is 13.5. The van der Waals surface area contributed by atoms with Crippen molar-refractivity contribution in [2.75, 3.05) is 6.61 Å². The lowest BCUT2D eigenvalue weighted by molar-refractivity contribution is -0.140. The number of carbonyl (C=O) groups excluding carboxylic acids is 2. The summed E-state index contributed by atoms with van der Waals surface area (Å²) in [5.74, 6) is 0.738. The molecule has 2 aromatic rings. The van der Waals surface area contributed by atoms with Crippen molar-refractivity contribution in [2.45, 2.75) is 65.2 Å². The van der Waals surface area contributed by atoms with Crippen LogP contribution in [-0.4, -0.2) is 34.5 Å². The maximum Gasteiger partial charge on any atom is 0.234 e.